The molecule has 0 bridgehead atoms. The molecule has 0 saturated heterocycles. The molecule has 0 aliphatic carbocycles. The Morgan fingerprint density at radius 1 is 1.64 bits per heavy atom. The minimum atomic E-state index is -0.457. The van der Waals surface area contributed by atoms with E-state index in [4.69, 9.17) is 11.0 Å². The predicted molar refractivity (Wildman–Crippen MR) is 51.9 cm³/mol. The smallest absolute Gasteiger partial charge is 0.276 e. The maximum atomic E-state index is 11.5. The van der Waals surface area contributed by atoms with E-state index in [0.717, 1.165) is 4.57 Å². The van der Waals surface area contributed by atoms with E-state index in [1.165, 1.54) is 6.92 Å². The van der Waals surface area contributed by atoms with Crippen LogP contribution in [0.2, 0.25) is 0 Å². The number of anilines is 1. The summed E-state index contributed by atoms with van der Waals surface area (Å²) in [6.45, 7) is 3.51. The van der Waals surface area contributed by atoms with Crippen molar-refractivity contribution in [2.45, 2.75) is 20.4 Å². The molecular weight excluding hydrogens is 182 g/mol. The van der Waals surface area contributed by atoms with Crippen LogP contribution in [0.5, 0.6) is 5.88 Å². The predicted octanol–water partition coefficient (Wildman–Crippen LogP) is 0.336. The van der Waals surface area contributed by atoms with E-state index in [0.29, 0.717) is 5.56 Å². The summed E-state index contributed by atoms with van der Waals surface area (Å²) in [6.07, 6.45) is 0. The van der Waals surface area contributed by atoms with Crippen molar-refractivity contribution in [2.24, 2.45) is 0 Å². The first-order chi connectivity index (χ1) is 6.54. The van der Waals surface area contributed by atoms with Crippen LogP contribution in [-0.4, -0.2) is 9.67 Å². The van der Waals surface area contributed by atoms with Crippen LogP contribution in [0.4, 0.5) is 5.69 Å². The number of aromatic hydroxyl groups is 1. The highest BCUT2D eigenvalue weighted by atomic mass is 16.3. The molecule has 0 atom stereocenters. The van der Waals surface area contributed by atoms with E-state index in [1.54, 1.807) is 6.92 Å². The van der Waals surface area contributed by atoms with Crippen LogP contribution in [0.1, 0.15) is 18.1 Å². The third-order valence-corrected chi connectivity index (χ3v) is 2.16. The Hall–Kier alpha value is -1.96. The highest BCUT2D eigenvalue weighted by Crippen LogP contribution is 2.21. The molecule has 1 rings (SSSR count). The largest absolute Gasteiger partial charge is 0.493 e. The second-order valence-corrected chi connectivity index (χ2v) is 2.90. The summed E-state index contributed by atoms with van der Waals surface area (Å²) >= 11 is 0. The topological polar surface area (TPSA) is 92.0 Å². The summed E-state index contributed by atoms with van der Waals surface area (Å²) in [5.41, 5.74) is 5.46. The van der Waals surface area contributed by atoms with Crippen molar-refractivity contribution in [1.82, 2.24) is 4.57 Å². The first-order valence-corrected chi connectivity index (χ1v) is 4.16. The van der Waals surface area contributed by atoms with E-state index >= 15 is 0 Å². The average Bonchev–Trinajstić information content (AvgIpc) is 2.16. The number of pyridine rings is 1. The zero-order valence-corrected chi connectivity index (χ0v) is 8.03. The monoisotopic (exact) mass is 193 g/mol. The Kier molecular flexibility index (Phi) is 2.47. The van der Waals surface area contributed by atoms with Crippen molar-refractivity contribution >= 4 is 5.69 Å². The van der Waals surface area contributed by atoms with Gasteiger partial charge in [0.25, 0.3) is 5.56 Å². The second kappa shape index (κ2) is 3.42. The molecule has 3 N–H and O–H groups in total. The first-order valence-electron chi connectivity index (χ1n) is 4.16. The molecule has 1 aromatic rings. The average molecular weight is 193 g/mol. The maximum Gasteiger partial charge on any atom is 0.276 e. The number of aromatic nitrogens is 1. The molecule has 0 aliphatic rings. The van der Waals surface area contributed by atoms with Gasteiger partial charge in [-0.2, -0.15) is 5.26 Å². The van der Waals surface area contributed by atoms with Crippen LogP contribution >= 0.6 is 0 Å². The molecule has 0 unspecified atom stereocenters. The Morgan fingerprint density at radius 3 is 2.64 bits per heavy atom. The van der Waals surface area contributed by atoms with Crippen molar-refractivity contribution < 1.29 is 5.11 Å². The maximum absolute atomic E-state index is 11.5. The van der Waals surface area contributed by atoms with Crippen LogP contribution in [-0.2, 0) is 6.54 Å². The SMILES string of the molecule is CCn1c(O)c(C#N)c(C)c(N)c1=O. The van der Waals surface area contributed by atoms with Crippen molar-refractivity contribution in [3.05, 3.63) is 21.5 Å². The van der Waals surface area contributed by atoms with Gasteiger partial charge in [0.15, 0.2) is 0 Å². The molecule has 0 radical (unpaired) electrons. The number of hydrogen-bond donors (Lipinski definition) is 2. The molecule has 0 fully saturated rings. The summed E-state index contributed by atoms with van der Waals surface area (Å²) < 4.78 is 1.07. The third-order valence-electron chi connectivity index (χ3n) is 2.16. The zero-order chi connectivity index (χ0) is 10.9. The Bertz CT molecular complexity index is 468. The molecule has 74 valence electrons. The van der Waals surface area contributed by atoms with Crippen LogP contribution in [0.25, 0.3) is 0 Å². The van der Waals surface area contributed by atoms with Crippen LogP contribution < -0.4 is 11.3 Å². The van der Waals surface area contributed by atoms with Crippen LogP contribution in [0, 0.1) is 18.3 Å². The molecule has 1 aromatic heterocycles. The minimum Gasteiger partial charge on any atom is -0.493 e. The third kappa shape index (κ3) is 1.21. The number of nitrogens with two attached hydrogens (primary N) is 1. The lowest BCUT2D eigenvalue weighted by Crippen LogP contribution is -2.24. The zero-order valence-electron chi connectivity index (χ0n) is 8.03. The standard InChI is InChI=1S/C9H11N3O2/c1-3-12-8(13)6(4-10)5(2)7(11)9(12)14/h13H,3,11H2,1-2H3. The van der Waals surface area contributed by atoms with E-state index < -0.39 is 5.56 Å². The molecule has 14 heavy (non-hydrogen) atoms. The highest BCUT2D eigenvalue weighted by molar-refractivity contribution is 5.56. The number of hydrogen-bond acceptors (Lipinski definition) is 4. The Labute approximate surface area is 81.0 Å². The number of nitrogen functional groups attached to an aromatic ring is 1. The first kappa shape index (κ1) is 10.1. The summed E-state index contributed by atoms with van der Waals surface area (Å²) in [5.74, 6) is -0.313. The molecule has 0 aromatic carbocycles. The quantitative estimate of drug-likeness (QED) is 0.672. The lowest BCUT2D eigenvalue weighted by Gasteiger charge is -2.10. The fourth-order valence-electron chi connectivity index (χ4n) is 1.27. The number of nitriles is 1. The minimum absolute atomic E-state index is 0.0150. The van der Waals surface area contributed by atoms with Gasteiger partial charge in [0.2, 0.25) is 5.88 Å². The van der Waals surface area contributed by atoms with E-state index in [9.17, 15) is 9.90 Å². The molecule has 1 heterocycles. The van der Waals surface area contributed by atoms with Gasteiger partial charge in [-0.05, 0) is 13.8 Å². The highest BCUT2D eigenvalue weighted by Gasteiger charge is 2.15. The van der Waals surface area contributed by atoms with Gasteiger partial charge in [0.1, 0.15) is 17.3 Å². The van der Waals surface area contributed by atoms with Gasteiger partial charge < -0.3 is 10.8 Å². The van der Waals surface area contributed by atoms with Gasteiger partial charge in [0, 0.05) is 12.1 Å². The second-order valence-electron chi connectivity index (χ2n) is 2.90. The fraction of sp³-hybridized carbons (Fsp3) is 0.333. The molecular formula is C9H11N3O2. The summed E-state index contributed by atoms with van der Waals surface area (Å²) in [5, 5.41) is 18.3. The lowest BCUT2D eigenvalue weighted by molar-refractivity contribution is 0.409. The van der Waals surface area contributed by atoms with Crippen molar-refractivity contribution in [3.8, 4) is 11.9 Å². The van der Waals surface area contributed by atoms with Gasteiger partial charge in [-0.1, -0.05) is 0 Å². The summed E-state index contributed by atoms with van der Waals surface area (Å²) in [6, 6.07) is 1.82. The van der Waals surface area contributed by atoms with E-state index in [1.807, 2.05) is 6.07 Å². The lowest BCUT2D eigenvalue weighted by atomic mass is 10.1. The van der Waals surface area contributed by atoms with Crippen molar-refractivity contribution in [3.63, 3.8) is 0 Å². The summed E-state index contributed by atoms with van der Waals surface area (Å²) in [7, 11) is 0. The van der Waals surface area contributed by atoms with Gasteiger partial charge in [0.05, 0.1) is 0 Å². The molecule has 5 nitrogen and oxygen atoms in total. The molecule has 0 spiro atoms. The Morgan fingerprint density at radius 2 is 2.21 bits per heavy atom. The van der Waals surface area contributed by atoms with Gasteiger partial charge in [-0.15, -0.1) is 0 Å². The van der Waals surface area contributed by atoms with Crippen LogP contribution in [0.15, 0.2) is 4.79 Å². The van der Waals surface area contributed by atoms with Gasteiger partial charge >= 0.3 is 0 Å². The molecule has 5 heteroatoms. The fourth-order valence-corrected chi connectivity index (χ4v) is 1.27. The molecule has 0 saturated carbocycles. The van der Waals surface area contributed by atoms with E-state index in [2.05, 4.69) is 0 Å². The normalized spacial score (nSPS) is 9.79. The number of rotatable bonds is 1. The van der Waals surface area contributed by atoms with Crippen molar-refractivity contribution in [1.29, 1.82) is 5.26 Å². The van der Waals surface area contributed by atoms with Gasteiger partial charge in [-0.25, -0.2) is 0 Å². The Balaban J connectivity index is 3.76. The van der Waals surface area contributed by atoms with Gasteiger partial charge in [-0.3, -0.25) is 9.36 Å². The van der Waals surface area contributed by atoms with Crippen molar-refractivity contribution in [2.75, 3.05) is 5.73 Å². The molecule has 0 aliphatic heterocycles. The van der Waals surface area contributed by atoms with Crippen LogP contribution in [0.3, 0.4) is 0 Å². The number of nitrogens with zero attached hydrogens (tertiary/aromatic N) is 2. The summed E-state index contributed by atoms with van der Waals surface area (Å²) in [4.78, 5) is 11.5. The molecule has 0 amide bonds. The van der Waals surface area contributed by atoms with E-state index in [-0.39, 0.29) is 23.7 Å².